The second-order valence-corrected chi connectivity index (χ2v) is 4.90. The van der Waals surface area contributed by atoms with Gasteiger partial charge in [-0.2, -0.15) is 0 Å². The van der Waals surface area contributed by atoms with Crippen molar-refractivity contribution in [1.29, 1.82) is 0 Å². The minimum absolute atomic E-state index is 0.446. The lowest BCUT2D eigenvalue weighted by Gasteiger charge is -2.17. The number of nitrogens with one attached hydrogen (secondary N) is 1. The molecule has 5 heteroatoms. The highest BCUT2D eigenvalue weighted by atomic mass is 16.5. The van der Waals surface area contributed by atoms with Crippen LogP contribution in [-0.2, 0) is 11.3 Å². The largest absolute Gasteiger partial charge is 0.493 e. The highest BCUT2D eigenvalue weighted by Gasteiger charge is 2.19. The molecule has 1 aromatic rings. The quantitative estimate of drug-likeness (QED) is 0.826. The van der Waals surface area contributed by atoms with Crippen LogP contribution >= 0.6 is 0 Å². The van der Waals surface area contributed by atoms with Gasteiger partial charge in [-0.25, -0.2) is 0 Å². The molecule has 20 heavy (non-hydrogen) atoms. The van der Waals surface area contributed by atoms with E-state index in [9.17, 15) is 0 Å². The van der Waals surface area contributed by atoms with Gasteiger partial charge in [0.25, 0.3) is 0 Å². The first-order valence-corrected chi connectivity index (χ1v) is 6.88. The Labute approximate surface area is 120 Å². The summed E-state index contributed by atoms with van der Waals surface area (Å²) in [6, 6.07) is 3.94. The molecule has 0 saturated carbocycles. The summed E-state index contributed by atoms with van der Waals surface area (Å²) in [5.41, 5.74) is 1.10. The zero-order chi connectivity index (χ0) is 14.4. The van der Waals surface area contributed by atoms with Crippen LogP contribution in [0.25, 0.3) is 0 Å². The van der Waals surface area contributed by atoms with E-state index < -0.39 is 0 Å². The SMILES string of the molecule is CNCc1cc(OC)c(OCC2CCOC2)c(OC)c1. The van der Waals surface area contributed by atoms with Crippen LogP contribution in [-0.4, -0.2) is 41.1 Å². The Morgan fingerprint density at radius 1 is 1.25 bits per heavy atom. The van der Waals surface area contributed by atoms with Gasteiger partial charge in [-0.1, -0.05) is 0 Å². The van der Waals surface area contributed by atoms with Crippen LogP contribution in [0, 0.1) is 5.92 Å². The van der Waals surface area contributed by atoms with E-state index >= 15 is 0 Å². The smallest absolute Gasteiger partial charge is 0.203 e. The molecule has 0 bridgehead atoms. The monoisotopic (exact) mass is 281 g/mol. The highest BCUT2D eigenvalue weighted by Crippen LogP contribution is 2.39. The van der Waals surface area contributed by atoms with Gasteiger partial charge in [0, 0.05) is 19.1 Å². The summed E-state index contributed by atoms with van der Waals surface area (Å²) in [7, 11) is 5.19. The molecule has 0 aromatic heterocycles. The average Bonchev–Trinajstić information content (AvgIpc) is 2.98. The molecule has 1 atom stereocenters. The molecule has 2 rings (SSSR count). The van der Waals surface area contributed by atoms with Gasteiger partial charge in [-0.3, -0.25) is 0 Å². The van der Waals surface area contributed by atoms with Crippen molar-refractivity contribution in [2.24, 2.45) is 5.92 Å². The van der Waals surface area contributed by atoms with Crippen LogP contribution in [0.3, 0.4) is 0 Å². The van der Waals surface area contributed by atoms with Gasteiger partial charge in [-0.05, 0) is 31.2 Å². The second-order valence-electron chi connectivity index (χ2n) is 4.90. The fraction of sp³-hybridized carbons (Fsp3) is 0.600. The van der Waals surface area contributed by atoms with E-state index in [0.717, 1.165) is 31.7 Å². The standard InChI is InChI=1S/C15H23NO4/c1-16-8-12-6-13(17-2)15(14(7-12)18-3)20-10-11-4-5-19-9-11/h6-7,11,16H,4-5,8-10H2,1-3H3. The van der Waals surface area contributed by atoms with Crippen molar-refractivity contribution < 1.29 is 18.9 Å². The maximum absolute atomic E-state index is 5.92. The molecular formula is C15H23NO4. The summed E-state index contributed by atoms with van der Waals surface area (Å²) in [4.78, 5) is 0. The Morgan fingerprint density at radius 2 is 1.95 bits per heavy atom. The summed E-state index contributed by atoms with van der Waals surface area (Å²) < 4.78 is 22.1. The lowest BCUT2D eigenvalue weighted by molar-refractivity contribution is 0.164. The molecule has 1 aliphatic rings. The van der Waals surface area contributed by atoms with Crippen LogP contribution in [0.2, 0.25) is 0 Å². The van der Waals surface area contributed by atoms with Crippen molar-refractivity contribution in [3.8, 4) is 17.2 Å². The third-order valence-electron chi connectivity index (χ3n) is 3.39. The fourth-order valence-electron chi connectivity index (χ4n) is 2.30. The number of ether oxygens (including phenoxy) is 4. The number of hydrogen-bond acceptors (Lipinski definition) is 5. The molecule has 0 amide bonds. The minimum atomic E-state index is 0.446. The molecular weight excluding hydrogens is 258 g/mol. The summed E-state index contributed by atoms with van der Waals surface area (Å²) in [5, 5.41) is 3.11. The van der Waals surface area contributed by atoms with Crippen LogP contribution in [0.4, 0.5) is 0 Å². The minimum Gasteiger partial charge on any atom is -0.493 e. The summed E-state index contributed by atoms with van der Waals surface area (Å²) >= 11 is 0. The summed E-state index contributed by atoms with van der Waals surface area (Å²) in [5.74, 6) is 2.52. The van der Waals surface area contributed by atoms with Gasteiger partial charge < -0.3 is 24.3 Å². The Bertz CT molecular complexity index is 405. The lowest BCUT2D eigenvalue weighted by atomic mass is 10.1. The van der Waals surface area contributed by atoms with Gasteiger partial charge in [0.1, 0.15) is 0 Å². The predicted octanol–water partition coefficient (Wildman–Crippen LogP) is 1.84. The van der Waals surface area contributed by atoms with E-state index in [1.165, 1.54) is 0 Å². The second kappa shape index (κ2) is 7.36. The van der Waals surface area contributed by atoms with Gasteiger partial charge >= 0.3 is 0 Å². The maximum Gasteiger partial charge on any atom is 0.203 e. The molecule has 1 saturated heterocycles. The number of methoxy groups -OCH3 is 2. The maximum atomic E-state index is 5.92. The van der Waals surface area contributed by atoms with Crippen molar-refractivity contribution >= 4 is 0 Å². The van der Waals surface area contributed by atoms with Crippen molar-refractivity contribution in [2.75, 3.05) is 41.1 Å². The first-order valence-electron chi connectivity index (χ1n) is 6.88. The van der Waals surface area contributed by atoms with Gasteiger partial charge in [0.05, 0.1) is 27.4 Å². The zero-order valence-corrected chi connectivity index (χ0v) is 12.4. The first kappa shape index (κ1) is 14.9. The molecule has 1 aliphatic heterocycles. The highest BCUT2D eigenvalue weighted by molar-refractivity contribution is 5.53. The normalized spacial score (nSPS) is 18.1. The number of rotatable bonds is 7. The third-order valence-corrected chi connectivity index (χ3v) is 3.39. The number of benzene rings is 1. The molecule has 112 valence electrons. The van der Waals surface area contributed by atoms with Crippen molar-refractivity contribution in [3.63, 3.8) is 0 Å². The van der Waals surface area contributed by atoms with Crippen molar-refractivity contribution in [2.45, 2.75) is 13.0 Å². The van der Waals surface area contributed by atoms with E-state index in [4.69, 9.17) is 18.9 Å². The lowest BCUT2D eigenvalue weighted by Crippen LogP contribution is -2.13. The van der Waals surface area contributed by atoms with E-state index in [2.05, 4.69) is 5.32 Å². The molecule has 0 aliphatic carbocycles. The summed E-state index contributed by atoms with van der Waals surface area (Å²) in [6.45, 7) is 2.97. The van der Waals surface area contributed by atoms with E-state index in [0.29, 0.717) is 29.8 Å². The van der Waals surface area contributed by atoms with Gasteiger partial charge in [0.2, 0.25) is 5.75 Å². The topological polar surface area (TPSA) is 49.0 Å². The average molecular weight is 281 g/mol. The van der Waals surface area contributed by atoms with E-state index in [-0.39, 0.29) is 0 Å². The molecule has 5 nitrogen and oxygen atoms in total. The van der Waals surface area contributed by atoms with Crippen LogP contribution in [0.5, 0.6) is 17.2 Å². The molecule has 1 fully saturated rings. The Morgan fingerprint density at radius 3 is 2.45 bits per heavy atom. The van der Waals surface area contributed by atoms with Crippen molar-refractivity contribution in [3.05, 3.63) is 17.7 Å². The zero-order valence-electron chi connectivity index (χ0n) is 12.4. The van der Waals surface area contributed by atoms with E-state index in [1.54, 1.807) is 14.2 Å². The van der Waals surface area contributed by atoms with E-state index in [1.807, 2.05) is 19.2 Å². The molecule has 1 aromatic carbocycles. The predicted molar refractivity (Wildman–Crippen MR) is 76.7 cm³/mol. The molecule has 1 N–H and O–H groups in total. The molecule has 0 spiro atoms. The Balaban J connectivity index is 2.15. The van der Waals surface area contributed by atoms with Gasteiger partial charge in [-0.15, -0.1) is 0 Å². The van der Waals surface area contributed by atoms with Crippen LogP contribution < -0.4 is 19.5 Å². The Kier molecular flexibility index (Phi) is 5.49. The molecule has 1 unspecified atom stereocenters. The number of hydrogen-bond donors (Lipinski definition) is 1. The molecule has 0 radical (unpaired) electrons. The van der Waals surface area contributed by atoms with Crippen LogP contribution in [0.1, 0.15) is 12.0 Å². The van der Waals surface area contributed by atoms with Crippen molar-refractivity contribution in [1.82, 2.24) is 5.32 Å². The Hall–Kier alpha value is -1.46. The third kappa shape index (κ3) is 3.55. The van der Waals surface area contributed by atoms with Crippen LogP contribution in [0.15, 0.2) is 12.1 Å². The summed E-state index contributed by atoms with van der Waals surface area (Å²) in [6.07, 6.45) is 1.04. The fourth-order valence-corrected chi connectivity index (χ4v) is 2.30. The van der Waals surface area contributed by atoms with Gasteiger partial charge in [0.15, 0.2) is 11.5 Å². The first-order chi connectivity index (χ1) is 9.78. The molecule has 1 heterocycles.